The molecule has 4 nitrogen and oxygen atoms in total. The molecule has 0 bridgehead atoms. The Morgan fingerprint density at radius 2 is 2.06 bits per heavy atom. The van der Waals surface area contributed by atoms with Crippen LogP contribution in [-0.2, 0) is 9.47 Å². The molecule has 0 saturated carbocycles. The van der Waals surface area contributed by atoms with Crippen LogP contribution in [0.5, 0.6) is 0 Å². The first kappa shape index (κ1) is 10.2. The van der Waals surface area contributed by atoms with Crippen LogP contribution in [0.4, 0.5) is 0 Å². The van der Waals surface area contributed by atoms with Gasteiger partial charge in [-0.25, -0.2) is 0 Å². The zero-order chi connectivity index (χ0) is 11.0. The van der Waals surface area contributed by atoms with E-state index < -0.39 is 6.10 Å². The van der Waals surface area contributed by atoms with Crippen molar-refractivity contribution in [3.05, 3.63) is 35.9 Å². The fourth-order valence-electron chi connectivity index (χ4n) is 2.27. The summed E-state index contributed by atoms with van der Waals surface area (Å²) in [7, 11) is 0. The minimum Gasteiger partial charge on any atom is -0.389 e. The maximum absolute atomic E-state index is 9.75. The summed E-state index contributed by atoms with van der Waals surface area (Å²) in [5.41, 5.74) is 1.00. The van der Waals surface area contributed by atoms with Gasteiger partial charge < -0.3 is 19.9 Å². The quantitative estimate of drug-likeness (QED) is 0.722. The lowest BCUT2D eigenvalue weighted by Gasteiger charge is -2.33. The lowest BCUT2D eigenvalue weighted by molar-refractivity contribution is -0.235. The Kier molecular flexibility index (Phi) is 2.65. The summed E-state index contributed by atoms with van der Waals surface area (Å²) < 4.78 is 11.4. The van der Waals surface area contributed by atoms with Crippen molar-refractivity contribution in [1.82, 2.24) is 5.32 Å². The van der Waals surface area contributed by atoms with Crippen LogP contribution in [0.25, 0.3) is 0 Å². The summed E-state index contributed by atoms with van der Waals surface area (Å²) in [6.45, 7) is 1.17. The van der Waals surface area contributed by atoms with Crippen molar-refractivity contribution in [2.24, 2.45) is 0 Å². The molecule has 0 unspecified atom stereocenters. The van der Waals surface area contributed by atoms with Gasteiger partial charge in [-0.15, -0.1) is 0 Å². The normalized spacial score (nSPS) is 38.3. The lowest BCUT2D eigenvalue weighted by Crippen LogP contribution is -2.45. The number of rotatable bonds is 1. The Morgan fingerprint density at radius 1 is 1.25 bits per heavy atom. The number of hydrogen-bond donors (Lipinski definition) is 2. The Balaban J connectivity index is 1.75. The van der Waals surface area contributed by atoms with Crippen LogP contribution in [0, 0.1) is 0 Å². The van der Waals surface area contributed by atoms with E-state index in [1.807, 2.05) is 30.3 Å². The van der Waals surface area contributed by atoms with Gasteiger partial charge in [0.1, 0.15) is 6.10 Å². The van der Waals surface area contributed by atoms with Crippen LogP contribution in [0.15, 0.2) is 30.3 Å². The van der Waals surface area contributed by atoms with Crippen molar-refractivity contribution in [3.8, 4) is 0 Å². The second-order valence-corrected chi connectivity index (χ2v) is 4.26. The van der Waals surface area contributed by atoms with E-state index in [-0.39, 0.29) is 18.4 Å². The molecular formula is C12H15NO3. The van der Waals surface area contributed by atoms with Crippen molar-refractivity contribution < 1.29 is 14.6 Å². The van der Waals surface area contributed by atoms with Crippen molar-refractivity contribution in [2.45, 2.75) is 24.5 Å². The molecular weight excluding hydrogens is 206 g/mol. The maximum Gasteiger partial charge on any atom is 0.184 e. The average molecular weight is 221 g/mol. The first-order valence-corrected chi connectivity index (χ1v) is 5.58. The molecule has 1 aromatic rings. The van der Waals surface area contributed by atoms with Gasteiger partial charge in [0.05, 0.1) is 18.8 Å². The van der Waals surface area contributed by atoms with Crippen LogP contribution in [-0.4, -0.2) is 36.5 Å². The van der Waals surface area contributed by atoms with Crippen molar-refractivity contribution in [2.75, 3.05) is 13.2 Å². The van der Waals surface area contributed by atoms with Gasteiger partial charge >= 0.3 is 0 Å². The molecule has 2 aliphatic heterocycles. The van der Waals surface area contributed by atoms with Crippen LogP contribution in [0.1, 0.15) is 11.9 Å². The predicted octanol–water partition coefficient (Wildman–Crippen LogP) is 0.433. The molecule has 2 N–H and O–H groups in total. The highest BCUT2D eigenvalue weighted by Crippen LogP contribution is 2.29. The number of β-amino-alcohol motifs (C(OH)–C–C–N with tert-alkyl or cyclic N) is 1. The summed E-state index contributed by atoms with van der Waals surface area (Å²) in [6.07, 6.45) is -0.934. The number of ether oxygens (including phenoxy) is 2. The Bertz CT molecular complexity index is 357. The Hall–Kier alpha value is -0.940. The Labute approximate surface area is 94.2 Å². The zero-order valence-corrected chi connectivity index (χ0v) is 8.87. The van der Waals surface area contributed by atoms with Gasteiger partial charge in [-0.1, -0.05) is 30.3 Å². The van der Waals surface area contributed by atoms with E-state index in [1.54, 1.807) is 0 Å². The summed E-state index contributed by atoms with van der Waals surface area (Å²) in [5, 5.41) is 12.9. The highest BCUT2D eigenvalue weighted by Gasteiger charge is 2.41. The monoisotopic (exact) mass is 221 g/mol. The summed E-state index contributed by atoms with van der Waals surface area (Å²) in [5.74, 6) is 0. The average Bonchev–Trinajstić information content (AvgIpc) is 2.72. The molecule has 0 spiro atoms. The van der Waals surface area contributed by atoms with Crippen LogP contribution >= 0.6 is 0 Å². The van der Waals surface area contributed by atoms with E-state index >= 15 is 0 Å². The topological polar surface area (TPSA) is 50.7 Å². The Morgan fingerprint density at radius 3 is 2.88 bits per heavy atom. The number of fused-ring (bicyclic) bond motifs is 1. The number of benzene rings is 1. The third-order valence-electron chi connectivity index (χ3n) is 3.14. The zero-order valence-electron chi connectivity index (χ0n) is 8.87. The van der Waals surface area contributed by atoms with Crippen molar-refractivity contribution in [1.29, 1.82) is 0 Å². The molecule has 86 valence electrons. The number of nitrogens with one attached hydrogen (secondary N) is 1. The van der Waals surface area contributed by atoms with Gasteiger partial charge in [-0.05, 0) is 0 Å². The first-order valence-electron chi connectivity index (χ1n) is 5.58. The van der Waals surface area contributed by atoms with E-state index in [0.717, 1.165) is 5.56 Å². The first-order chi connectivity index (χ1) is 7.84. The van der Waals surface area contributed by atoms with Gasteiger partial charge in [-0.3, -0.25) is 0 Å². The highest BCUT2D eigenvalue weighted by molar-refractivity contribution is 5.16. The SMILES string of the molecule is O[C@H]1CN[C@H]2CO[C@H](c3ccccc3)O[C@@H]21. The molecule has 2 heterocycles. The van der Waals surface area contributed by atoms with E-state index in [9.17, 15) is 5.11 Å². The molecule has 4 atom stereocenters. The molecule has 0 aliphatic carbocycles. The van der Waals surface area contributed by atoms with Crippen molar-refractivity contribution >= 4 is 0 Å². The maximum atomic E-state index is 9.75. The van der Waals surface area contributed by atoms with Crippen molar-refractivity contribution in [3.63, 3.8) is 0 Å². The second kappa shape index (κ2) is 4.14. The number of aliphatic hydroxyl groups excluding tert-OH is 1. The lowest BCUT2D eigenvalue weighted by atomic mass is 10.1. The summed E-state index contributed by atoms with van der Waals surface area (Å²) in [4.78, 5) is 0. The molecule has 0 radical (unpaired) electrons. The third-order valence-corrected chi connectivity index (χ3v) is 3.14. The summed E-state index contributed by atoms with van der Waals surface area (Å²) >= 11 is 0. The van der Waals surface area contributed by atoms with Gasteiger partial charge in [0.15, 0.2) is 6.29 Å². The molecule has 0 aromatic heterocycles. The molecule has 2 aliphatic rings. The smallest absolute Gasteiger partial charge is 0.184 e. The molecule has 3 rings (SSSR count). The molecule has 0 amide bonds. The summed E-state index contributed by atoms with van der Waals surface area (Å²) in [6, 6.07) is 9.94. The largest absolute Gasteiger partial charge is 0.389 e. The number of hydrogen-bond acceptors (Lipinski definition) is 4. The fraction of sp³-hybridized carbons (Fsp3) is 0.500. The van der Waals surface area contributed by atoms with Gasteiger partial charge in [-0.2, -0.15) is 0 Å². The van der Waals surface area contributed by atoms with Crippen LogP contribution < -0.4 is 5.32 Å². The third kappa shape index (κ3) is 1.74. The fourth-order valence-corrected chi connectivity index (χ4v) is 2.27. The van der Waals surface area contributed by atoms with E-state index in [0.29, 0.717) is 13.2 Å². The molecule has 16 heavy (non-hydrogen) atoms. The number of aliphatic hydroxyl groups is 1. The predicted molar refractivity (Wildman–Crippen MR) is 57.8 cm³/mol. The second-order valence-electron chi connectivity index (χ2n) is 4.26. The van der Waals surface area contributed by atoms with Gasteiger partial charge in [0.2, 0.25) is 0 Å². The molecule has 2 saturated heterocycles. The highest BCUT2D eigenvalue weighted by atomic mass is 16.7. The van der Waals surface area contributed by atoms with E-state index in [2.05, 4.69) is 5.32 Å². The molecule has 2 fully saturated rings. The van der Waals surface area contributed by atoms with E-state index in [1.165, 1.54) is 0 Å². The molecule has 1 aromatic carbocycles. The van der Waals surface area contributed by atoms with Gasteiger partial charge in [0, 0.05) is 12.1 Å². The molecule has 4 heteroatoms. The minimum absolute atomic E-state index is 0.120. The van der Waals surface area contributed by atoms with E-state index in [4.69, 9.17) is 9.47 Å². The standard InChI is InChI=1S/C12H15NO3/c14-10-6-13-9-7-15-12(16-11(9)10)8-4-2-1-3-5-8/h1-5,9-14H,6-7H2/t9-,10-,11-,12-/m0/s1. The van der Waals surface area contributed by atoms with Crippen LogP contribution in [0.2, 0.25) is 0 Å². The minimum atomic E-state index is -0.430. The van der Waals surface area contributed by atoms with Crippen LogP contribution in [0.3, 0.4) is 0 Å². The van der Waals surface area contributed by atoms with Gasteiger partial charge in [0.25, 0.3) is 0 Å².